The fraction of sp³-hybridized carbons (Fsp3) is 0.176. The van der Waals surface area contributed by atoms with E-state index in [-0.39, 0.29) is 9.95 Å². The van der Waals surface area contributed by atoms with Gasteiger partial charge in [0.2, 0.25) is 0 Å². The summed E-state index contributed by atoms with van der Waals surface area (Å²) in [5.41, 5.74) is 2.34. The molecule has 2 aromatic rings. The van der Waals surface area contributed by atoms with Gasteiger partial charge in [0.05, 0.1) is 4.92 Å². The fourth-order valence-electron chi connectivity index (χ4n) is 1.89. The third-order valence-electron chi connectivity index (χ3n) is 3.02. The molecule has 0 aromatic heterocycles. The van der Waals surface area contributed by atoms with Gasteiger partial charge in [-0.3, -0.25) is 10.1 Å². The molecule has 4 heteroatoms. The molecule has 0 fully saturated rings. The highest BCUT2D eigenvalue weighted by atomic mass is 32.2. The third-order valence-corrected chi connectivity index (χ3v) is 4.05. The van der Waals surface area contributed by atoms with Gasteiger partial charge in [-0.25, -0.2) is 0 Å². The molecule has 0 saturated heterocycles. The van der Waals surface area contributed by atoms with Crippen molar-refractivity contribution in [1.82, 2.24) is 0 Å². The Morgan fingerprint density at radius 1 is 1.14 bits per heavy atom. The highest BCUT2D eigenvalue weighted by Crippen LogP contribution is 2.27. The third kappa shape index (κ3) is 5.08. The van der Waals surface area contributed by atoms with E-state index in [1.807, 2.05) is 61.5 Å². The predicted octanol–water partition coefficient (Wildman–Crippen LogP) is 4.84. The second kappa shape index (κ2) is 7.64. The van der Waals surface area contributed by atoms with Gasteiger partial charge < -0.3 is 0 Å². The Morgan fingerprint density at radius 2 is 1.81 bits per heavy atom. The minimum atomic E-state index is -0.310. The van der Waals surface area contributed by atoms with E-state index in [1.165, 1.54) is 17.3 Å². The average Bonchev–Trinajstić information content (AvgIpc) is 2.49. The minimum absolute atomic E-state index is 0.190. The molecule has 0 aliphatic carbocycles. The van der Waals surface area contributed by atoms with Gasteiger partial charge in [-0.15, -0.1) is 0 Å². The normalized spacial score (nSPS) is 11.4. The van der Waals surface area contributed by atoms with Crippen molar-refractivity contribution in [3.8, 4) is 0 Å². The largest absolute Gasteiger partial charge is 0.303 e. The first-order chi connectivity index (χ1) is 10.1. The van der Waals surface area contributed by atoms with Crippen LogP contribution in [-0.4, -0.2) is 4.92 Å². The number of hydrogen-bond donors (Lipinski definition) is 0. The van der Waals surface area contributed by atoms with Crippen LogP contribution in [0, 0.1) is 17.0 Å². The van der Waals surface area contributed by atoms with Gasteiger partial charge in [-0.05, 0) is 49.2 Å². The van der Waals surface area contributed by atoms with Gasteiger partial charge in [0.25, 0.3) is 0 Å². The van der Waals surface area contributed by atoms with Crippen LogP contribution in [0.5, 0.6) is 0 Å². The molecule has 21 heavy (non-hydrogen) atoms. The van der Waals surface area contributed by atoms with Crippen molar-refractivity contribution in [3.05, 3.63) is 86.9 Å². The molecule has 0 spiro atoms. The SMILES string of the molecule is Cc1ccc(S/C(=C\CCc2ccccc2)[N+](=O)[O-])cc1. The topological polar surface area (TPSA) is 43.1 Å². The van der Waals surface area contributed by atoms with E-state index in [9.17, 15) is 10.1 Å². The van der Waals surface area contributed by atoms with Gasteiger partial charge >= 0.3 is 5.03 Å². The van der Waals surface area contributed by atoms with Crippen LogP contribution in [0.4, 0.5) is 0 Å². The summed E-state index contributed by atoms with van der Waals surface area (Å²) in [6, 6.07) is 17.7. The summed E-state index contributed by atoms with van der Waals surface area (Å²) in [5, 5.41) is 11.3. The van der Waals surface area contributed by atoms with Crippen LogP contribution in [0.2, 0.25) is 0 Å². The highest BCUT2D eigenvalue weighted by molar-refractivity contribution is 8.02. The van der Waals surface area contributed by atoms with E-state index < -0.39 is 0 Å². The Kier molecular flexibility index (Phi) is 5.58. The molecule has 108 valence electrons. The van der Waals surface area contributed by atoms with Crippen LogP contribution < -0.4 is 0 Å². The lowest BCUT2D eigenvalue weighted by atomic mass is 10.1. The summed E-state index contributed by atoms with van der Waals surface area (Å²) in [4.78, 5) is 11.7. The number of thioether (sulfide) groups is 1. The Labute approximate surface area is 128 Å². The van der Waals surface area contributed by atoms with Crippen molar-refractivity contribution in [1.29, 1.82) is 0 Å². The van der Waals surface area contributed by atoms with Crippen molar-refractivity contribution in [2.24, 2.45) is 0 Å². The van der Waals surface area contributed by atoms with E-state index >= 15 is 0 Å². The molecule has 0 heterocycles. The summed E-state index contributed by atoms with van der Waals surface area (Å²) in [6.45, 7) is 2.00. The van der Waals surface area contributed by atoms with Crippen LogP contribution in [0.1, 0.15) is 17.5 Å². The number of allylic oxidation sites excluding steroid dienone is 1. The highest BCUT2D eigenvalue weighted by Gasteiger charge is 2.12. The van der Waals surface area contributed by atoms with Crippen molar-refractivity contribution in [3.63, 3.8) is 0 Å². The Morgan fingerprint density at radius 3 is 2.43 bits per heavy atom. The van der Waals surface area contributed by atoms with Crippen LogP contribution in [0.3, 0.4) is 0 Å². The van der Waals surface area contributed by atoms with Crippen molar-refractivity contribution < 1.29 is 4.92 Å². The lowest BCUT2D eigenvalue weighted by Crippen LogP contribution is -1.95. The molecule has 0 atom stereocenters. The quantitative estimate of drug-likeness (QED) is 0.435. The minimum Gasteiger partial charge on any atom is -0.258 e. The lowest BCUT2D eigenvalue weighted by molar-refractivity contribution is -0.410. The molecule has 0 saturated carbocycles. The van der Waals surface area contributed by atoms with Crippen molar-refractivity contribution in [2.75, 3.05) is 0 Å². The maximum Gasteiger partial charge on any atom is 0.303 e. The summed E-state index contributed by atoms with van der Waals surface area (Å²) in [5.74, 6) is 0. The molecule has 0 aliphatic heterocycles. The molecule has 2 rings (SSSR count). The predicted molar refractivity (Wildman–Crippen MR) is 86.9 cm³/mol. The second-order valence-electron chi connectivity index (χ2n) is 4.74. The van der Waals surface area contributed by atoms with Crippen LogP contribution in [-0.2, 0) is 6.42 Å². The Balaban J connectivity index is 1.99. The van der Waals surface area contributed by atoms with E-state index in [1.54, 1.807) is 6.08 Å². The standard InChI is InChI=1S/C17H17NO2S/c1-14-10-12-16(13-11-14)21-17(18(19)20)9-5-8-15-6-3-2-4-7-15/h2-4,6-7,9-13H,5,8H2,1H3/b17-9-. The molecule has 0 N–H and O–H groups in total. The van der Waals surface area contributed by atoms with Gasteiger partial charge in [0, 0.05) is 11.0 Å². The first kappa shape index (κ1) is 15.3. The van der Waals surface area contributed by atoms with E-state index in [4.69, 9.17) is 0 Å². The number of aryl methyl sites for hydroxylation is 2. The zero-order chi connectivity index (χ0) is 15.1. The summed E-state index contributed by atoms with van der Waals surface area (Å²) >= 11 is 1.20. The van der Waals surface area contributed by atoms with Crippen LogP contribution in [0.25, 0.3) is 0 Å². The van der Waals surface area contributed by atoms with E-state index in [0.29, 0.717) is 6.42 Å². The zero-order valence-electron chi connectivity index (χ0n) is 11.9. The maximum atomic E-state index is 11.1. The first-order valence-electron chi connectivity index (χ1n) is 6.78. The van der Waals surface area contributed by atoms with Gasteiger partial charge in [0.15, 0.2) is 0 Å². The Hall–Kier alpha value is -2.07. The second-order valence-corrected chi connectivity index (χ2v) is 5.83. The summed E-state index contributed by atoms with van der Waals surface area (Å²) < 4.78 is 0. The molecule has 3 nitrogen and oxygen atoms in total. The van der Waals surface area contributed by atoms with Crippen molar-refractivity contribution in [2.45, 2.75) is 24.7 Å². The van der Waals surface area contributed by atoms with Crippen molar-refractivity contribution >= 4 is 11.8 Å². The fourth-order valence-corrected chi connectivity index (χ4v) is 2.68. The van der Waals surface area contributed by atoms with E-state index in [2.05, 4.69) is 0 Å². The number of hydrogen-bond acceptors (Lipinski definition) is 3. The monoisotopic (exact) mass is 299 g/mol. The van der Waals surface area contributed by atoms with E-state index in [0.717, 1.165) is 16.9 Å². The molecule has 0 radical (unpaired) electrons. The number of rotatable bonds is 6. The first-order valence-corrected chi connectivity index (χ1v) is 7.60. The molecule has 2 aromatic carbocycles. The number of nitro groups is 1. The molecule has 0 amide bonds. The van der Waals surface area contributed by atoms with Crippen LogP contribution in [0.15, 0.2) is 70.6 Å². The molecular weight excluding hydrogens is 282 g/mol. The number of nitrogens with zero attached hydrogens (tertiary/aromatic N) is 1. The molecule has 0 aliphatic rings. The lowest BCUT2D eigenvalue weighted by Gasteiger charge is -2.01. The van der Waals surface area contributed by atoms with Gasteiger partial charge in [-0.1, -0.05) is 48.0 Å². The zero-order valence-corrected chi connectivity index (χ0v) is 12.7. The van der Waals surface area contributed by atoms with Crippen LogP contribution >= 0.6 is 11.8 Å². The summed E-state index contributed by atoms with van der Waals surface area (Å²) in [7, 11) is 0. The molecule has 0 unspecified atom stereocenters. The average molecular weight is 299 g/mol. The van der Waals surface area contributed by atoms with Gasteiger partial charge in [-0.2, -0.15) is 0 Å². The van der Waals surface area contributed by atoms with Gasteiger partial charge in [0.1, 0.15) is 0 Å². The summed E-state index contributed by atoms with van der Waals surface area (Å²) in [6.07, 6.45) is 3.18. The number of benzene rings is 2. The molecule has 0 bridgehead atoms. The smallest absolute Gasteiger partial charge is 0.258 e. The maximum absolute atomic E-state index is 11.1. The molecular formula is C17H17NO2S. The Bertz CT molecular complexity index is 621.